The summed E-state index contributed by atoms with van der Waals surface area (Å²) in [6.45, 7) is 10.3. The molecule has 0 bridgehead atoms. The summed E-state index contributed by atoms with van der Waals surface area (Å²) in [5, 5.41) is 14.1. The van der Waals surface area contributed by atoms with Crippen LogP contribution in [-0.4, -0.2) is 52.7 Å². The van der Waals surface area contributed by atoms with Crippen LogP contribution >= 0.6 is 0 Å². The summed E-state index contributed by atoms with van der Waals surface area (Å²) in [7, 11) is 0. The third kappa shape index (κ3) is 6.23. The van der Waals surface area contributed by atoms with Crippen molar-refractivity contribution >= 4 is 17.6 Å². The smallest absolute Gasteiger partial charge is 0.271 e. The SMILES string of the molecule is CC(C)NC(=O)c1ccc(N2CCC(CNC(=O)c3ccc(C(C)C)cn3)CC2)nn1.[HH].[HH]. The molecule has 0 spiro atoms. The van der Waals surface area contributed by atoms with E-state index >= 15 is 0 Å². The van der Waals surface area contributed by atoms with Crippen LogP contribution in [0.1, 0.15) is 75.8 Å². The first-order valence-corrected chi connectivity index (χ1v) is 11.0. The zero-order valence-electron chi connectivity index (χ0n) is 18.8. The van der Waals surface area contributed by atoms with Crippen LogP contribution in [0.3, 0.4) is 0 Å². The molecular formula is C23H36N6O2. The highest BCUT2D eigenvalue weighted by atomic mass is 16.2. The molecule has 2 aromatic heterocycles. The average Bonchev–Trinajstić information content (AvgIpc) is 2.77. The van der Waals surface area contributed by atoms with Gasteiger partial charge in [0.15, 0.2) is 11.5 Å². The number of aromatic nitrogens is 3. The summed E-state index contributed by atoms with van der Waals surface area (Å²) in [5.74, 6) is 1.25. The topological polar surface area (TPSA) is 100 Å². The molecule has 0 atom stereocenters. The van der Waals surface area contributed by atoms with Crippen LogP contribution in [0.2, 0.25) is 0 Å². The minimum atomic E-state index is -0.211. The molecule has 0 saturated carbocycles. The molecule has 170 valence electrons. The minimum Gasteiger partial charge on any atom is -0.355 e. The van der Waals surface area contributed by atoms with E-state index in [9.17, 15) is 9.59 Å². The number of nitrogens with one attached hydrogen (secondary N) is 2. The van der Waals surface area contributed by atoms with Gasteiger partial charge in [0.05, 0.1) is 0 Å². The van der Waals surface area contributed by atoms with Crippen LogP contribution in [-0.2, 0) is 0 Å². The molecule has 3 heterocycles. The predicted octanol–water partition coefficient (Wildman–Crippen LogP) is 3.27. The molecular weight excluding hydrogens is 392 g/mol. The molecule has 1 fully saturated rings. The maximum atomic E-state index is 12.4. The first-order chi connectivity index (χ1) is 14.8. The van der Waals surface area contributed by atoms with Crippen LogP contribution in [0.4, 0.5) is 5.82 Å². The molecule has 1 saturated heterocycles. The largest absolute Gasteiger partial charge is 0.355 e. The second-order valence-corrected chi connectivity index (χ2v) is 8.68. The highest BCUT2D eigenvalue weighted by Crippen LogP contribution is 2.21. The number of carbonyl (C=O) groups excluding carboxylic acids is 2. The van der Waals surface area contributed by atoms with Crippen LogP contribution in [0.25, 0.3) is 0 Å². The number of rotatable bonds is 7. The Morgan fingerprint density at radius 3 is 2.29 bits per heavy atom. The number of nitrogens with zero attached hydrogens (tertiary/aromatic N) is 4. The molecule has 1 aliphatic heterocycles. The molecule has 2 amide bonds. The number of pyridine rings is 1. The summed E-state index contributed by atoms with van der Waals surface area (Å²) in [6, 6.07) is 7.37. The summed E-state index contributed by atoms with van der Waals surface area (Å²) < 4.78 is 0. The normalized spacial score (nSPS) is 14.7. The van der Waals surface area contributed by atoms with Crippen molar-refractivity contribution in [1.82, 2.24) is 25.8 Å². The van der Waals surface area contributed by atoms with Crippen molar-refractivity contribution in [1.29, 1.82) is 0 Å². The van der Waals surface area contributed by atoms with Crippen LogP contribution in [0.15, 0.2) is 30.5 Å². The average molecular weight is 429 g/mol. The molecule has 8 nitrogen and oxygen atoms in total. The summed E-state index contributed by atoms with van der Waals surface area (Å²) in [5.41, 5.74) is 1.91. The Kier molecular flexibility index (Phi) is 7.55. The summed E-state index contributed by atoms with van der Waals surface area (Å²) >= 11 is 0. The van der Waals surface area contributed by atoms with Gasteiger partial charge in [-0.1, -0.05) is 19.9 Å². The Hall–Kier alpha value is -3.03. The van der Waals surface area contributed by atoms with Gasteiger partial charge in [0.2, 0.25) is 0 Å². The monoisotopic (exact) mass is 428 g/mol. The molecule has 0 aliphatic carbocycles. The number of amides is 2. The number of anilines is 1. The van der Waals surface area contributed by atoms with Crippen molar-refractivity contribution < 1.29 is 12.4 Å². The zero-order valence-corrected chi connectivity index (χ0v) is 18.8. The first kappa shape index (κ1) is 22.7. The fraction of sp³-hybridized carbons (Fsp3) is 0.522. The van der Waals surface area contributed by atoms with E-state index < -0.39 is 0 Å². The van der Waals surface area contributed by atoms with Gasteiger partial charge in [-0.05, 0) is 62.3 Å². The van der Waals surface area contributed by atoms with Crippen molar-refractivity contribution in [2.24, 2.45) is 5.92 Å². The Morgan fingerprint density at radius 2 is 1.74 bits per heavy atom. The molecule has 0 aromatic carbocycles. The van der Waals surface area contributed by atoms with Crippen molar-refractivity contribution in [3.05, 3.63) is 47.4 Å². The van der Waals surface area contributed by atoms with Gasteiger partial charge in [-0.25, -0.2) is 0 Å². The number of hydrogen-bond acceptors (Lipinski definition) is 6. The van der Waals surface area contributed by atoms with Crippen LogP contribution in [0.5, 0.6) is 0 Å². The minimum absolute atomic E-state index is 0. The number of piperidine rings is 1. The molecule has 2 aromatic rings. The van der Waals surface area contributed by atoms with E-state index in [1.54, 1.807) is 18.3 Å². The van der Waals surface area contributed by atoms with E-state index in [1.807, 2.05) is 26.0 Å². The second-order valence-electron chi connectivity index (χ2n) is 8.68. The zero-order chi connectivity index (χ0) is 22.4. The van der Waals surface area contributed by atoms with E-state index in [-0.39, 0.29) is 20.7 Å². The van der Waals surface area contributed by atoms with Crippen molar-refractivity contribution in [3.8, 4) is 0 Å². The van der Waals surface area contributed by atoms with Gasteiger partial charge in [0.25, 0.3) is 11.8 Å². The van der Waals surface area contributed by atoms with E-state index in [2.05, 4.69) is 44.6 Å². The van der Waals surface area contributed by atoms with Gasteiger partial charge < -0.3 is 15.5 Å². The second kappa shape index (κ2) is 10.3. The Bertz CT molecular complexity index is 883. The molecule has 0 unspecified atom stereocenters. The predicted molar refractivity (Wildman–Crippen MR) is 124 cm³/mol. The highest BCUT2D eigenvalue weighted by molar-refractivity contribution is 5.92. The third-order valence-electron chi connectivity index (χ3n) is 5.48. The lowest BCUT2D eigenvalue weighted by Crippen LogP contribution is -2.39. The molecule has 3 rings (SSSR count). The first-order valence-electron chi connectivity index (χ1n) is 11.0. The van der Waals surface area contributed by atoms with Crippen LogP contribution < -0.4 is 15.5 Å². The third-order valence-corrected chi connectivity index (χ3v) is 5.48. The van der Waals surface area contributed by atoms with Gasteiger partial charge in [0, 0.05) is 34.7 Å². The number of hydrogen-bond donors (Lipinski definition) is 2. The van der Waals surface area contributed by atoms with Crippen molar-refractivity contribution in [3.63, 3.8) is 0 Å². The van der Waals surface area contributed by atoms with Gasteiger partial charge in [0.1, 0.15) is 5.69 Å². The number of carbonyl (C=O) groups is 2. The van der Waals surface area contributed by atoms with Crippen molar-refractivity contribution in [2.75, 3.05) is 24.5 Å². The van der Waals surface area contributed by atoms with Gasteiger partial charge in [-0.15, -0.1) is 10.2 Å². The molecule has 8 heteroatoms. The fourth-order valence-corrected chi connectivity index (χ4v) is 3.53. The van der Waals surface area contributed by atoms with Gasteiger partial charge in [-0.3, -0.25) is 14.6 Å². The lowest BCUT2D eigenvalue weighted by atomic mass is 9.96. The van der Waals surface area contributed by atoms with Gasteiger partial charge >= 0.3 is 0 Å². The van der Waals surface area contributed by atoms with E-state index in [0.29, 0.717) is 29.8 Å². The maximum Gasteiger partial charge on any atom is 0.271 e. The molecule has 31 heavy (non-hydrogen) atoms. The summed E-state index contributed by atoms with van der Waals surface area (Å²) in [6.07, 6.45) is 3.69. The Morgan fingerprint density at radius 1 is 1.03 bits per heavy atom. The quantitative estimate of drug-likeness (QED) is 0.702. The molecule has 0 radical (unpaired) electrons. The lowest BCUT2D eigenvalue weighted by Gasteiger charge is -2.32. The Labute approximate surface area is 186 Å². The molecule has 1 aliphatic rings. The Balaban J connectivity index is 0.00000272. The fourth-order valence-electron chi connectivity index (χ4n) is 3.53. The standard InChI is InChI=1S/C23H32N6O2.2H2/c1-15(2)18-5-6-19(24-14-18)22(30)25-13-17-9-11-29(12-10-17)21-8-7-20(27-28-21)23(31)26-16(3)4;;/h5-8,14-17H,9-13H2,1-4H3,(H,25,30)(H,26,31);2*1H. The van der Waals surface area contributed by atoms with Gasteiger partial charge in [-0.2, -0.15) is 0 Å². The molecule has 2 N–H and O–H groups in total. The van der Waals surface area contributed by atoms with E-state index in [4.69, 9.17) is 0 Å². The van der Waals surface area contributed by atoms with Crippen LogP contribution in [0, 0.1) is 5.92 Å². The summed E-state index contributed by atoms with van der Waals surface area (Å²) in [4.78, 5) is 30.8. The van der Waals surface area contributed by atoms with Crippen molar-refractivity contribution in [2.45, 2.75) is 52.5 Å². The maximum absolute atomic E-state index is 12.4. The lowest BCUT2D eigenvalue weighted by molar-refractivity contribution is 0.0929. The van der Waals surface area contributed by atoms with E-state index in [0.717, 1.165) is 37.3 Å². The van der Waals surface area contributed by atoms with E-state index in [1.165, 1.54) is 0 Å². The highest BCUT2D eigenvalue weighted by Gasteiger charge is 2.22.